The van der Waals surface area contributed by atoms with E-state index in [9.17, 15) is 18.0 Å². The number of carbonyl (C=O) groups excluding carboxylic acids is 1. The maximum absolute atomic E-state index is 12.8. The van der Waals surface area contributed by atoms with Gasteiger partial charge in [-0.25, -0.2) is 0 Å². The van der Waals surface area contributed by atoms with Gasteiger partial charge in [0.15, 0.2) is 17.3 Å². The lowest BCUT2D eigenvalue weighted by Gasteiger charge is -2.21. The van der Waals surface area contributed by atoms with E-state index in [0.29, 0.717) is 17.2 Å². The Labute approximate surface area is 216 Å². The summed E-state index contributed by atoms with van der Waals surface area (Å²) in [7, 11) is 4.66. The van der Waals surface area contributed by atoms with Gasteiger partial charge in [0, 0.05) is 29.6 Å². The molecular formula is C29H34F3NO4. The summed E-state index contributed by atoms with van der Waals surface area (Å²) < 4.78 is 54.6. The van der Waals surface area contributed by atoms with Crippen molar-refractivity contribution in [2.75, 3.05) is 21.3 Å². The van der Waals surface area contributed by atoms with E-state index in [4.69, 9.17) is 14.2 Å². The quantitative estimate of drug-likeness (QED) is 0.241. The van der Waals surface area contributed by atoms with Gasteiger partial charge >= 0.3 is 6.18 Å². The number of nitrogens with one attached hydrogen (secondary N) is 1. The van der Waals surface area contributed by atoms with Gasteiger partial charge in [-0.2, -0.15) is 13.2 Å². The molecule has 0 amide bonds. The predicted molar refractivity (Wildman–Crippen MR) is 140 cm³/mol. The summed E-state index contributed by atoms with van der Waals surface area (Å²) in [5, 5.41) is 3.38. The van der Waals surface area contributed by atoms with E-state index in [-0.39, 0.29) is 29.7 Å². The first-order valence-electron chi connectivity index (χ1n) is 11.8. The molecule has 0 radical (unpaired) electrons. The second-order valence-corrected chi connectivity index (χ2v) is 8.50. The molecular weight excluding hydrogens is 483 g/mol. The molecule has 0 fully saturated rings. The van der Waals surface area contributed by atoms with Crippen LogP contribution in [-0.2, 0) is 6.18 Å². The lowest BCUT2D eigenvalue weighted by Crippen LogP contribution is -2.30. The molecule has 2 atom stereocenters. The van der Waals surface area contributed by atoms with Crippen LogP contribution in [0.1, 0.15) is 48.7 Å². The Bertz CT molecular complexity index is 1110. The number of allylic oxidation sites excluding steroid dienone is 4. The van der Waals surface area contributed by atoms with Gasteiger partial charge in [0.2, 0.25) is 5.75 Å². The number of carbonyl (C=O) groups is 1. The van der Waals surface area contributed by atoms with Crippen molar-refractivity contribution in [3.05, 3.63) is 83.1 Å². The summed E-state index contributed by atoms with van der Waals surface area (Å²) in [6.45, 7) is 5.78. The second-order valence-electron chi connectivity index (χ2n) is 8.50. The second kappa shape index (κ2) is 13.6. The monoisotopic (exact) mass is 517 g/mol. The highest BCUT2D eigenvalue weighted by molar-refractivity contribution is 5.96. The molecule has 2 aromatic rings. The van der Waals surface area contributed by atoms with Crippen molar-refractivity contribution in [3.8, 4) is 17.2 Å². The average molecular weight is 518 g/mol. The fourth-order valence-electron chi connectivity index (χ4n) is 3.66. The molecule has 0 heterocycles. The van der Waals surface area contributed by atoms with E-state index < -0.39 is 11.7 Å². The standard InChI is InChI=1S/C29H34F3NO4/c1-7-8-9-24(19(2)10-11-21-17-26(35-4)28(37-6)27(18-21)36-5)33-20(3)16-25(34)22-12-14-23(15-13-22)29(30,31)32/h7-15,17-20,33H,16H2,1-6H3/b8-7-,11-10-,24-9+. The number of hydrogen-bond donors (Lipinski definition) is 1. The number of ether oxygens (including phenoxy) is 3. The topological polar surface area (TPSA) is 56.8 Å². The predicted octanol–water partition coefficient (Wildman–Crippen LogP) is 7.09. The fraction of sp³-hybridized carbons (Fsp3) is 0.345. The van der Waals surface area contributed by atoms with Crippen LogP contribution >= 0.6 is 0 Å². The number of hydrogen-bond acceptors (Lipinski definition) is 5. The summed E-state index contributed by atoms with van der Waals surface area (Å²) in [4.78, 5) is 12.7. The summed E-state index contributed by atoms with van der Waals surface area (Å²) in [6, 6.07) is 7.74. The molecule has 0 aliphatic heterocycles. The van der Waals surface area contributed by atoms with E-state index in [2.05, 4.69) is 5.32 Å². The third-order valence-corrected chi connectivity index (χ3v) is 5.66. The molecule has 2 aromatic carbocycles. The van der Waals surface area contributed by atoms with Crippen molar-refractivity contribution in [1.29, 1.82) is 0 Å². The molecule has 1 N–H and O–H groups in total. The Hall–Kier alpha value is -3.68. The summed E-state index contributed by atoms with van der Waals surface area (Å²) in [5.74, 6) is 1.33. The molecule has 0 saturated carbocycles. The van der Waals surface area contributed by atoms with Crippen LogP contribution in [0.2, 0.25) is 0 Å². The Morgan fingerprint density at radius 1 is 1.00 bits per heavy atom. The zero-order valence-corrected chi connectivity index (χ0v) is 22.0. The van der Waals surface area contributed by atoms with Crippen LogP contribution in [0.25, 0.3) is 6.08 Å². The molecule has 2 unspecified atom stereocenters. The lowest BCUT2D eigenvalue weighted by molar-refractivity contribution is -0.137. The van der Waals surface area contributed by atoms with Crippen LogP contribution in [0.5, 0.6) is 17.2 Å². The van der Waals surface area contributed by atoms with E-state index >= 15 is 0 Å². The molecule has 0 aliphatic carbocycles. The lowest BCUT2D eigenvalue weighted by atomic mass is 10.0. The van der Waals surface area contributed by atoms with Crippen LogP contribution in [0.3, 0.4) is 0 Å². The number of Topliss-reactive ketones (excluding diaryl/α,β-unsaturated/α-hetero) is 1. The van der Waals surface area contributed by atoms with Crippen LogP contribution in [0, 0.1) is 5.92 Å². The molecule has 8 heteroatoms. The van der Waals surface area contributed by atoms with Crippen molar-refractivity contribution in [2.24, 2.45) is 5.92 Å². The van der Waals surface area contributed by atoms with Crippen molar-refractivity contribution in [1.82, 2.24) is 5.32 Å². The maximum atomic E-state index is 12.8. The minimum Gasteiger partial charge on any atom is -0.493 e. The zero-order valence-electron chi connectivity index (χ0n) is 22.0. The first kappa shape index (κ1) is 29.5. The highest BCUT2D eigenvalue weighted by atomic mass is 19.4. The van der Waals surface area contributed by atoms with Gasteiger partial charge in [-0.3, -0.25) is 4.79 Å². The van der Waals surface area contributed by atoms with Crippen molar-refractivity contribution in [3.63, 3.8) is 0 Å². The van der Waals surface area contributed by atoms with Crippen LogP contribution in [-0.4, -0.2) is 33.2 Å². The summed E-state index contributed by atoms with van der Waals surface area (Å²) in [6.07, 6.45) is 5.37. The van der Waals surface area contributed by atoms with Crippen LogP contribution in [0.4, 0.5) is 13.2 Å². The van der Waals surface area contributed by atoms with Crippen LogP contribution in [0.15, 0.2) is 66.4 Å². The van der Waals surface area contributed by atoms with Crippen molar-refractivity contribution in [2.45, 2.75) is 39.4 Å². The number of benzene rings is 2. The fourth-order valence-corrected chi connectivity index (χ4v) is 3.66. The maximum Gasteiger partial charge on any atom is 0.416 e. The average Bonchev–Trinajstić information content (AvgIpc) is 2.88. The number of alkyl halides is 3. The number of halogens is 3. The molecule has 0 bridgehead atoms. The first-order valence-corrected chi connectivity index (χ1v) is 11.8. The van der Waals surface area contributed by atoms with E-state index in [1.807, 2.05) is 63.3 Å². The minimum absolute atomic E-state index is 0.0427. The van der Waals surface area contributed by atoms with E-state index in [1.54, 1.807) is 21.3 Å². The zero-order chi connectivity index (χ0) is 27.6. The first-order chi connectivity index (χ1) is 17.5. The largest absolute Gasteiger partial charge is 0.493 e. The Morgan fingerprint density at radius 3 is 2.08 bits per heavy atom. The normalized spacial score (nSPS) is 14.0. The molecule has 0 spiro atoms. The Kier molecular flexibility index (Phi) is 10.8. The van der Waals surface area contributed by atoms with Gasteiger partial charge < -0.3 is 19.5 Å². The van der Waals surface area contributed by atoms with Gasteiger partial charge in [0.25, 0.3) is 0 Å². The van der Waals surface area contributed by atoms with Crippen molar-refractivity contribution < 1.29 is 32.2 Å². The van der Waals surface area contributed by atoms with Gasteiger partial charge in [-0.1, -0.05) is 43.4 Å². The third kappa shape index (κ3) is 8.44. The number of ketones is 1. The van der Waals surface area contributed by atoms with E-state index in [1.165, 1.54) is 12.1 Å². The SMILES string of the molecule is C/C=C\C=C(\NC(C)CC(=O)c1ccc(C(F)(F)F)cc1)C(C)/C=C\c1cc(OC)c(OC)c(OC)c1. The van der Waals surface area contributed by atoms with E-state index in [0.717, 1.165) is 23.4 Å². The third-order valence-electron chi connectivity index (χ3n) is 5.66. The Morgan fingerprint density at radius 2 is 1.59 bits per heavy atom. The highest BCUT2D eigenvalue weighted by Crippen LogP contribution is 2.38. The van der Waals surface area contributed by atoms with Crippen LogP contribution < -0.4 is 19.5 Å². The minimum atomic E-state index is -4.44. The molecule has 200 valence electrons. The van der Waals surface area contributed by atoms with Gasteiger partial charge in [-0.15, -0.1) is 0 Å². The van der Waals surface area contributed by atoms with Gasteiger partial charge in [-0.05, 0) is 49.8 Å². The smallest absolute Gasteiger partial charge is 0.416 e. The van der Waals surface area contributed by atoms with Gasteiger partial charge in [0.05, 0.1) is 26.9 Å². The summed E-state index contributed by atoms with van der Waals surface area (Å²) in [5.41, 5.74) is 1.21. The number of rotatable bonds is 12. The molecule has 2 rings (SSSR count). The summed E-state index contributed by atoms with van der Waals surface area (Å²) >= 11 is 0. The number of methoxy groups -OCH3 is 3. The molecule has 5 nitrogen and oxygen atoms in total. The Balaban J connectivity index is 2.15. The van der Waals surface area contributed by atoms with Gasteiger partial charge in [0.1, 0.15) is 0 Å². The molecule has 0 saturated heterocycles. The molecule has 0 aliphatic rings. The molecule has 0 aromatic heterocycles. The molecule has 37 heavy (non-hydrogen) atoms. The van der Waals surface area contributed by atoms with Crippen molar-refractivity contribution >= 4 is 11.9 Å². The highest BCUT2D eigenvalue weighted by Gasteiger charge is 2.30.